The molecule has 3 saturated carbocycles. The summed E-state index contributed by atoms with van der Waals surface area (Å²) in [6, 6.07) is 0. The van der Waals surface area contributed by atoms with Crippen molar-refractivity contribution < 1.29 is 29.3 Å². The highest BCUT2D eigenvalue weighted by Gasteiger charge is 2.70. The Morgan fingerprint density at radius 2 is 1.93 bits per heavy atom. The summed E-state index contributed by atoms with van der Waals surface area (Å²) in [6.45, 7) is 4.76. The molecule has 0 radical (unpaired) electrons. The van der Waals surface area contributed by atoms with E-state index in [1.54, 1.807) is 6.08 Å². The van der Waals surface area contributed by atoms with E-state index in [0.29, 0.717) is 19.3 Å². The average molecular weight is 405 g/mol. The topological polar surface area (TPSA) is 101 Å². The van der Waals surface area contributed by atoms with Crippen molar-refractivity contribution >= 4 is 17.5 Å². The van der Waals surface area contributed by atoms with Gasteiger partial charge in [0.2, 0.25) is 5.78 Å². The van der Waals surface area contributed by atoms with Crippen LogP contribution in [0.25, 0.3) is 0 Å². The van der Waals surface area contributed by atoms with Crippen LogP contribution in [0.3, 0.4) is 0 Å². The van der Waals surface area contributed by atoms with E-state index in [9.17, 15) is 24.6 Å². The molecule has 4 rings (SSSR count). The molecule has 3 fully saturated rings. The lowest BCUT2D eigenvalue weighted by Gasteiger charge is -2.60. The molecule has 0 unspecified atom stereocenters. The van der Waals surface area contributed by atoms with Gasteiger partial charge in [0.25, 0.3) is 0 Å². The van der Waals surface area contributed by atoms with Crippen molar-refractivity contribution in [2.24, 2.45) is 28.6 Å². The number of fused-ring (bicyclic) bond motifs is 5. The van der Waals surface area contributed by atoms with E-state index in [1.807, 2.05) is 6.92 Å². The molecule has 0 aromatic rings. The van der Waals surface area contributed by atoms with Crippen LogP contribution in [0.4, 0.5) is 0 Å². The minimum absolute atomic E-state index is 0.0334. The number of ether oxygens (including phenoxy) is 1. The molecule has 160 valence electrons. The third-order valence-corrected chi connectivity index (χ3v) is 8.93. The Balaban J connectivity index is 1.76. The van der Waals surface area contributed by atoms with Crippen molar-refractivity contribution in [1.29, 1.82) is 0 Å². The molecule has 4 aliphatic carbocycles. The second-order valence-corrected chi connectivity index (χ2v) is 10.1. The van der Waals surface area contributed by atoms with Crippen molar-refractivity contribution in [2.75, 3.05) is 6.61 Å². The standard InChI is InChI=1S/C23H32O6/c1-13(25)29-23(19(28)12-24)9-7-17-16-5-4-14-10-15(26)6-8-21(14,2)20(16)18(27)11-22(17,23)3/h10,16-18,20,24,27H,4-9,11-12H2,1-3H3/t16-,17-,18-,20+,21+,22-,23-/m1/s1. The zero-order valence-corrected chi connectivity index (χ0v) is 17.6. The van der Waals surface area contributed by atoms with E-state index in [2.05, 4.69) is 6.92 Å². The molecule has 0 aliphatic heterocycles. The molecule has 0 heterocycles. The van der Waals surface area contributed by atoms with E-state index < -0.39 is 35.5 Å². The smallest absolute Gasteiger partial charge is 0.303 e. The van der Waals surface area contributed by atoms with E-state index in [-0.39, 0.29) is 29.0 Å². The molecule has 29 heavy (non-hydrogen) atoms. The van der Waals surface area contributed by atoms with Gasteiger partial charge in [-0.2, -0.15) is 0 Å². The Morgan fingerprint density at radius 3 is 2.59 bits per heavy atom. The second-order valence-electron chi connectivity index (χ2n) is 10.1. The van der Waals surface area contributed by atoms with Crippen molar-refractivity contribution in [2.45, 2.75) is 77.4 Å². The summed E-state index contributed by atoms with van der Waals surface area (Å²) in [6.07, 6.45) is 5.59. The zero-order valence-electron chi connectivity index (χ0n) is 17.6. The van der Waals surface area contributed by atoms with Gasteiger partial charge in [0, 0.05) is 18.8 Å². The lowest BCUT2D eigenvalue weighted by Crippen LogP contribution is -2.63. The highest BCUT2D eigenvalue weighted by Crippen LogP contribution is 2.68. The first-order valence-corrected chi connectivity index (χ1v) is 10.8. The van der Waals surface area contributed by atoms with E-state index in [4.69, 9.17) is 4.74 Å². The number of Topliss-reactive ketones (excluding diaryl/α,β-unsaturated/α-hetero) is 1. The van der Waals surface area contributed by atoms with E-state index in [1.165, 1.54) is 6.92 Å². The van der Waals surface area contributed by atoms with E-state index >= 15 is 0 Å². The summed E-state index contributed by atoms with van der Waals surface area (Å²) in [7, 11) is 0. The van der Waals surface area contributed by atoms with Crippen LogP contribution < -0.4 is 0 Å². The monoisotopic (exact) mass is 404 g/mol. The van der Waals surface area contributed by atoms with Gasteiger partial charge >= 0.3 is 5.97 Å². The average Bonchev–Trinajstić information content (AvgIpc) is 2.93. The number of rotatable bonds is 3. The van der Waals surface area contributed by atoms with Gasteiger partial charge in [-0.05, 0) is 67.8 Å². The first-order valence-electron chi connectivity index (χ1n) is 10.8. The fourth-order valence-corrected chi connectivity index (χ4v) is 7.73. The third-order valence-electron chi connectivity index (χ3n) is 8.93. The highest BCUT2D eigenvalue weighted by molar-refractivity contribution is 5.92. The van der Waals surface area contributed by atoms with Gasteiger partial charge in [0.1, 0.15) is 6.61 Å². The molecule has 4 aliphatic rings. The fourth-order valence-electron chi connectivity index (χ4n) is 7.73. The van der Waals surface area contributed by atoms with Gasteiger partial charge < -0.3 is 14.9 Å². The molecular weight excluding hydrogens is 372 g/mol. The van der Waals surface area contributed by atoms with Gasteiger partial charge in [-0.3, -0.25) is 14.4 Å². The molecule has 0 saturated heterocycles. The molecule has 0 spiro atoms. The number of allylic oxidation sites excluding steroid dienone is 1. The minimum Gasteiger partial charge on any atom is -0.451 e. The maximum atomic E-state index is 12.9. The molecular formula is C23H32O6. The first-order chi connectivity index (χ1) is 13.6. The molecule has 6 nitrogen and oxygen atoms in total. The number of esters is 1. The van der Waals surface area contributed by atoms with Crippen molar-refractivity contribution in [3.63, 3.8) is 0 Å². The number of ketones is 2. The number of hydrogen-bond acceptors (Lipinski definition) is 6. The fraction of sp³-hybridized carbons (Fsp3) is 0.783. The highest BCUT2D eigenvalue weighted by atomic mass is 16.6. The maximum absolute atomic E-state index is 12.9. The largest absolute Gasteiger partial charge is 0.451 e. The van der Waals surface area contributed by atoms with Gasteiger partial charge in [-0.15, -0.1) is 0 Å². The second kappa shape index (κ2) is 6.74. The van der Waals surface area contributed by atoms with Crippen molar-refractivity contribution in [3.05, 3.63) is 11.6 Å². The predicted octanol–water partition coefficient (Wildman–Crippen LogP) is 2.35. The Kier molecular flexibility index (Phi) is 4.82. The summed E-state index contributed by atoms with van der Waals surface area (Å²) in [5, 5.41) is 21.0. The normalized spacial score (nSPS) is 46.2. The van der Waals surface area contributed by atoms with Crippen LogP contribution in [0.5, 0.6) is 0 Å². The Bertz CT molecular complexity index is 786. The van der Waals surface area contributed by atoms with Gasteiger partial charge in [-0.1, -0.05) is 19.4 Å². The zero-order chi connectivity index (χ0) is 21.2. The molecule has 0 aromatic heterocycles. The van der Waals surface area contributed by atoms with Crippen molar-refractivity contribution in [3.8, 4) is 0 Å². The Labute approximate surface area is 171 Å². The lowest BCUT2D eigenvalue weighted by molar-refractivity contribution is -0.200. The van der Waals surface area contributed by atoms with Gasteiger partial charge in [0.05, 0.1) is 6.10 Å². The molecule has 0 amide bonds. The third kappa shape index (κ3) is 2.71. The number of aliphatic hydroxyl groups is 2. The summed E-state index contributed by atoms with van der Waals surface area (Å²) < 4.78 is 5.68. The van der Waals surface area contributed by atoms with Gasteiger partial charge in [0.15, 0.2) is 11.4 Å². The first kappa shape index (κ1) is 20.7. The van der Waals surface area contributed by atoms with Crippen LogP contribution >= 0.6 is 0 Å². The molecule has 6 heteroatoms. The van der Waals surface area contributed by atoms with Crippen LogP contribution in [-0.2, 0) is 19.1 Å². The summed E-state index contributed by atoms with van der Waals surface area (Å²) >= 11 is 0. The lowest BCUT2D eigenvalue weighted by atomic mass is 9.45. The van der Waals surface area contributed by atoms with E-state index in [0.717, 1.165) is 31.3 Å². The summed E-state index contributed by atoms with van der Waals surface area (Å²) in [5.74, 6) is -0.462. The number of carbonyl (C=O) groups is 3. The molecule has 7 atom stereocenters. The predicted molar refractivity (Wildman–Crippen MR) is 105 cm³/mol. The molecule has 0 bridgehead atoms. The quantitative estimate of drug-likeness (QED) is 0.701. The Hall–Kier alpha value is -1.53. The van der Waals surface area contributed by atoms with Gasteiger partial charge in [-0.25, -0.2) is 0 Å². The minimum atomic E-state index is -1.37. The number of aliphatic hydroxyl groups excluding tert-OH is 2. The summed E-state index contributed by atoms with van der Waals surface area (Å²) in [4.78, 5) is 36.8. The maximum Gasteiger partial charge on any atom is 0.303 e. The number of carbonyl (C=O) groups excluding carboxylic acids is 3. The SMILES string of the molecule is CC(=O)O[C@@]1(C(=O)CO)CC[C@@H]2[C@H]3CCC4=CC(=O)CC[C@]4(C)[C@@H]3[C@H](O)C[C@]21C. The van der Waals surface area contributed by atoms with Crippen LogP contribution in [0.15, 0.2) is 11.6 Å². The molecule has 0 aromatic carbocycles. The summed E-state index contributed by atoms with van der Waals surface area (Å²) in [5.41, 5.74) is -1.12. The number of hydrogen-bond donors (Lipinski definition) is 2. The molecule has 2 N–H and O–H groups in total. The van der Waals surface area contributed by atoms with Crippen LogP contribution in [-0.4, -0.2) is 46.1 Å². The van der Waals surface area contributed by atoms with Crippen molar-refractivity contribution in [1.82, 2.24) is 0 Å². The van der Waals surface area contributed by atoms with Crippen LogP contribution in [0, 0.1) is 28.6 Å². The van der Waals surface area contributed by atoms with Crippen LogP contribution in [0.1, 0.15) is 65.7 Å². The Morgan fingerprint density at radius 1 is 1.21 bits per heavy atom. The van der Waals surface area contributed by atoms with Crippen LogP contribution in [0.2, 0.25) is 0 Å².